The lowest BCUT2D eigenvalue weighted by atomic mass is 10.2. The molecule has 8 nitrogen and oxygen atoms in total. The molecule has 0 atom stereocenters. The Balaban J connectivity index is 0.000000162. The zero-order valence-electron chi connectivity index (χ0n) is 27.3. The molecule has 0 bridgehead atoms. The Hall–Kier alpha value is -6.10. The van der Waals surface area contributed by atoms with E-state index in [1.807, 2.05) is 91.0 Å². The van der Waals surface area contributed by atoms with Gasteiger partial charge in [-0.2, -0.15) is 0 Å². The number of rotatable bonds is 8. The van der Waals surface area contributed by atoms with Gasteiger partial charge in [0, 0.05) is 38.4 Å². The molecule has 0 saturated carbocycles. The second-order valence-electron chi connectivity index (χ2n) is 11.9. The van der Waals surface area contributed by atoms with E-state index in [1.165, 1.54) is 22.8 Å². The predicted octanol–water partition coefficient (Wildman–Crippen LogP) is 9.83. The summed E-state index contributed by atoms with van der Waals surface area (Å²) in [4.78, 5) is 30.3. The molecule has 0 aliphatic heterocycles. The fourth-order valence-electron chi connectivity index (χ4n) is 5.83. The Morgan fingerprint density at radius 2 is 1.04 bits per heavy atom. The van der Waals surface area contributed by atoms with Crippen molar-refractivity contribution in [2.45, 2.75) is 13.1 Å². The lowest BCUT2D eigenvalue weighted by molar-refractivity contribution is 0.544. The smallest absolute Gasteiger partial charge is 0.326 e. The Kier molecular flexibility index (Phi) is 9.92. The summed E-state index contributed by atoms with van der Waals surface area (Å²) in [6, 6.07) is 39.6. The van der Waals surface area contributed by atoms with Crippen LogP contribution in [0.4, 0.5) is 31.5 Å². The van der Waals surface area contributed by atoms with Crippen molar-refractivity contribution in [3.8, 4) is 0 Å². The first kappa shape index (κ1) is 34.4. The van der Waals surface area contributed by atoms with Crippen molar-refractivity contribution in [1.29, 1.82) is 0 Å². The lowest BCUT2D eigenvalue weighted by Gasteiger charge is -2.08. The Labute approximate surface area is 305 Å². The SMILES string of the molecule is O=c1[nH]c2cc(Nc3ccccc3)ccc2n1Cc1c(F)cccc1F.O=c1[nH]c2cc(Nc3ccccc3)ccc2n1Cc1ccc(Cl)cc1Cl. The molecule has 2 aromatic heterocycles. The third-order valence-corrected chi connectivity index (χ3v) is 8.98. The van der Waals surface area contributed by atoms with Gasteiger partial charge in [0.2, 0.25) is 0 Å². The minimum absolute atomic E-state index is 0.137. The highest BCUT2D eigenvalue weighted by Gasteiger charge is 2.14. The van der Waals surface area contributed by atoms with Gasteiger partial charge in [-0.05, 0) is 90.5 Å². The van der Waals surface area contributed by atoms with Crippen LogP contribution < -0.4 is 22.0 Å². The van der Waals surface area contributed by atoms with Crippen molar-refractivity contribution >= 4 is 68.0 Å². The molecule has 0 amide bonds. The number of para-hydroxylation sites is 2. The van der Waals surface area contributed by atoms with Crippen LogP contribution in [0.3, 0.4) is 0 Å². The van der Waals surface area contributed by atoms with E-state index in [0.29, 0.717) is 27.6 Å². The van der Waals surface area contributed by atoms with Gasteiger partial charge in [-0.25, -0.2) is 18.4 Å². The summed E-state index contributed by atoms with van der Waals surface area (Å²) in [6.07, 6.45) is 0. The maximum atomic E-state index is 13.9. The Morgan fingerprint density at radius 3 is 1.54 bits per heavy atom. The summed E-state index contributed by atoms with van der Waals surface area (Å²) < 4.78 is 30.8. The van der Waals surface area contributed by atoms with Gasteiger partial charge >= 0.3 is 11.4 Å². The number of aromatic amines is 2. The molecule has 2 heterocycles. The zero-order valence-corrected chi connectivity index (χ0v) is 28.9. The molecule has 8 rings (SSSR count). The number of nitrogens with zero attached hydrogens (tertiary/aromatic N) is 2. The Bertz CT molecular complexity index is 2620. The molecule has 12 heteroatoms. The summed E-state index contributed by atoms with van der Waals surface area (Å²) in [5.41, 5.74) is 6.47. The number of anilines is 4. The average Bonchev–Trinajstić information content (AvgIpc) is 3.61. The zero-order chi connectivity index (χ0) is 36.2. The van der Waals surface area contributed by atoms with Crippen LogP contribution in [0.2, 0.25) is 10.0 Å². The van der Waals surface area contributed by atoms with Crippen molar-refractivity contribution in [2.24, 2.45) is 0 Å². The first-order chi connectivity index (χ1) is 25.2. The first-order valence-corrected chi connectivity index (χ1v) is 16.9. The van der Waals surface area contributed by atoms with Crippen LogP contribution in [0.25, 0.3) is 22.1 Å². The van der Waals surface area contributed by atoms with E-state index >= 15 is 0 Å². The largest absolute Gasteiger partial charge is 0.355 e. The minimum Gasteiger partial charge on any atom is -0.355 e. The number of nitrogens with one attached hydrogen (secondary N) is 4. The van der Waals surface area contributed by atoms with Gasteiger partial charge in [0.05, 0.1) is 35.2 Å². The number of benzene rings is 6. The topological polar surface area (TPSA) is 99.6 Å². The highest BCUT2D eigenvalue weighted by Crippen LogP contribution is 2.25. The molecule has 0 unspecified atom stereocenters. The average molecular weight is 736 g/mol. The van der Waals surface area contributed by atoms with E-state index in [1.54, 1.807) is 28.8 Å². The molecule has 0 spiro atoms. The molecule has 8 aromatic rings. The first-order valence-electron chi connectivity index (χ1n) is 16.2. The molecular formula is C40H30Cl2F2N6O2. The molecule has 0 radical (unpaired) electrons. The fraction of sp³-hybridized carbons (Fsp3) is 0.0500. The molecular weight excluding hydrogens is 705 g/mol. The summed E-state index contributed by atoms with van der Waals surface area (Å²) >= 11 is 12.2. The number of hydrogen-bond donors (Lipinski definition) is 4. The van der Waals surface area contributed by atoms with Crippen molar-refractivity contribution in [2.75, 3.05) is 10.6 Å². The molecule has 52 heavy (non-hydrogen) atoms. The van der Waals surface area contributed by atoms with Gasteiger partial charge in [-0.1, -0.05) is 71.7 Å². The van der Waals surface area contributed by atoms with Crippen LogP contribution in [-0.4, -0.2) is 19.1 Å². The maximum Gasteiger partial charge on any atom is 0.326 e. The van der Waals surface area contributed by atoms with Crippen LogP contribution in [0, 0.1) is 11.6 Å². The van der Waals surface area contributed by atoms with Crippen molar-refractivity contribution in [3.05, 3.63) is 187 Å². The van der Waals surface area contributed by atoms with Gasteiger partial charge in [0.1, 0.15) is 11.6 Å². The van der Waals surface area contributed by atoms with Crippen LogP contribution >= 0.6 is 23.2 Å². The van der Waals surface area contributed by atoms with Crippen LogP contribution in [0.5, 0.6) is 0 Å². The van der Waals surface area contributed by atoms with Crippen LogP contribution in [0.15, 0.2) is 143 Å². The number of imidazole rings is 2. The van der Waals surface area contributed by atoms with Crippen molar-refractivity contribution in [1.82, 2.24) is 19.1 Å². The lowest BCUT2D eigenvalue weighted by Crippen LogP contribution is -2.18. The van der Waals surface area contributed by atoms with Crippen molar-refractivity contribution in [3.63, 3.8) is 0 Å². The van der Waals surface area contributed by atoms with E-state index < -0.39 is 17.3 Å². The minimum atomic E-state index is -0.673. The molecule has 0 aliphatic carbocycles. The van der Waals surface area contributed by atoms with Crippen LogP contribution in [0.1, 0.15) is 11.1 Å². The third-order valence-electron chi connectivity index (χ3n) is 8.39. The van der Waals surface area contributed by atoms with E-state index in [9.17, 15) is 18.4 Å². The van der Waals surface area contributed by atoms with Crippen molar-refractivity contribution < 1.29 is 8.78 Å². The molecule has 0 saturated heterocycles. The number of aromatic nitrogens is 4. The van der Waals surface area contributed by atoms with Gasteiger partial charge in [-0.15, -0.1) is 0 Å². The Morgan fingerprint density at radius 1 is 0.538 bits per heavy atom. The van der Waals surface area contributed by atoms with Crippen LogP contribution in [-0.2, 0) is 13.1 Å². The van der Waals surface area contributed by atoms with E-state index in [-0.39, 0.29) is 17.8 Å². The normalized spacial score (nSPS) is 11.0. The standard InChI is InChI=1S/C20H15Cl2N3O.C20H15F2N3O/c21-14-7-6-13(17(22)10-14)12-25-19-9-8-16(11-18(19)24-20(25)26)23-15-4-2-1-3-5-15;21-16-7-4-8-17(22)15(16)12-25-19-10-9-14(11-18(19)24-20(25)26)23-13-5-2-1-3-6-13/h2*1-11,23H,12H2,(H,24,26). The van der Waals surface area contributed by atoms with E-state index in [2.05, 4.69) is 20.6 Å². The highest BCUT2D eigenvalue weighted by molar-refractivity contribution is 6.35. The molecule has 0 aliphatic rings. The number of fused-ring (bicyclic) bond motifs is 2. The van der Waals surface area contributed by atoms with Gasteiger partial charge < -0.3 is 20.6 Å². The van der Waals surface area contributed by atoms with Gasteiger partial charge in [0.15, 0.2) is 0 Å². The van der Waals surface area contributed by atoms with E-state index in [4.69, 9.17) is 23.2 Å². The molecule has 0 fully saturated rings. The van der Waals surface area contributed by atoms with Gasteiger partial charge in [0.25, 0.3) is 0 Å². The molecule has 260 valence electrons. The van der Waals surface area contributed by atoms with Gasteiger partial charge in [-0.3, -0.25) is 9.13 Å². The second-order valence-corrected chi connectivity index (χ2v) is 12.8. The third kappa shape index (κ3) is 7.63. The molecule has 4 N–H and O–H groups in total. The van der Waals surface area contributed by atoms with E-state index in [0.717, 1.165) is 39.3 Å². The monoisotopic (exact) mass is 734 g/mol. The second kappa shape index (κ2) is 15.0. The predicted molar refractivity (Wildman–Crippen MR) is 206 cm³/mol. The summed E-state index contributed by atoms with van der Waals surface area (Å²) in [6.45, 7) is 0.198. The summed E-state index contributed by atoms with van der Waals surface area (Å²) in [7, 11) is 0. The number of hydrogen-bond acceptors (Lipinski definition) is 4. The number of halogens is 4. The maximum absolute atomic E-state index is 13.9. The quantitative estimate of drug-likeness (QED) is 0.125. The summed E-state index contributed by atoms with van der Waals surface area (Å²) in [5, 5.41) is 7.68. The number of H-pyrrole nitrogens is 2. The summed E-state index contributed by atoms with van der Waals surface area (Å²) in [5.74, 6) is -1.35. The fourth-order valence-corrected chi connectivity index (χ4v) is 6.30. The highest BCUT2D eigenvalue weighted by atomic mass is 35.5. The molecule has 6 aromatic carbocycles.